The van der Waals surface area contributed by atoms with E-state index in [2.05, 4.69) is 115 Å². The number of para-hydroxylation sites is 3. The Hall–Kier alpha value is -5.10. The Morgan fingerprint density at radius 3 is 2.03 bits per heavy atom. The summed E-state index contributed by atoms with van der Waals surface area (Å²) in [5.74, 6) is 0.718. The molecule has 0 spiro atoms. The van der Waals surface area contributed by atoms with E-state index in [0.717, 1.165) is 22.5 Å². The molecular formula is C30H18N6. The Kier molecular flexibility index (Phi) is 3.85. The molecule has 0 atom stereocenters. The van der Waals surface area contributed by atoms with Crippen molar-refractivity contribution in [3.63, 3.8) is 0 Å². The van der Waals surface area contributed by atoms with Crippen LogP contribution in [0.1, 0.15) is 0 Å². The van der Waals surface area contributed by atoms with Gasteiger partial charge in [-0.3, -0.25) is 4.57 Å². The van der Waals surface area contributed by atoms with Crippen molar-refractivity contribution in [3.8, 4) is 11.5 Å². The second-order valence-electron chi connectivity index (χ2n) is 8.83. The lowest BCUT2D eigenvalue weighted by Crippen LogP contribution is -2.00. The maximum absolute atomic E-state index is 4.84. The molecule has 4 aromatic carbocycles. The molecule has 0 aliphatic carbocycles. The molecule has 4 heterocycles. The van der Waals surface area contributed by atoms with Crippen LogP contribution in [0.3, 0.4) is 0 Å². The number of rotatable bonds is 2. The zero-order chi connectivity index (χ0) is 23.6. The maximum atomic E-state index is 4.84. The Labute approximate surface area is 205 Å². The molecule has 0 amide bonds. The highest BCUT2D eigenvalue weighted by atomic mass is 15.1. The first kappa shape index (κ1) is 19.2. The first-order valence-corrected chi connectivity index (χ1v) is 11.8. The number of nitrogens with zero attached hydrogens (tertiary/aromatic N) is 6. The molecule has 36 heavy (non-hydrogen) atoms. The van der Waals surface area contributed by atoms with Crippen molar-refractivity contribution in [1.29, 1.82) is 0 Å². The SMILES string of the molecule is c1ccc(-n2c3ccccc3c3ccc4c(c5ccccc5n4-c4cnc5nccnc5n4)c32)cc1. The third kappa shape index (κ3) is 2.55. The van der Waals surface area contributed by atoms with Crippen LogP contribution in [0.2, 0.25) is 0 Å². The van der Waals surface area contributed by atoms with Gasteiger partial charge >= 0.3 is 0 Å². The van der Waals surface area contributed by atoms with Crippen LogP contribution < -0.4 is 0 Å². The summed E-state index contributed by atoms with van der Waals surface area (Å²) in [5.41, 5.74) is 6.71. The second-order valence-corrected chi connectivity index (χ2v) is 8.83. The fraction of sp³-hybridized carbons (Fsp3) is 0. The van der Waals surface area contributed by atoms with Gasteiger partial charge in [-0.2, -0.15) is 0 Å². The van der Waals surface area contributed by atoms with E-state index in [1.807, 2.05) is 0 Å². The normalized spacial score (nSPS) is 11.9. The highest BCUT2D eigenvalue weighted by molar-refractivity contribution is 6.26. The molecule has 0 fully saturated rings. The third-order valence-corrected chi connectivity index (χ3v) is 6.90. The minimum absolute atomic E-state index is 0.528. The van der Waals surface area contributed by atoms with Crippen molar-refractivity contribution in [2.45, 2.75) is 0 Å². The number of hydrogen-bond acceptors (Lipinski definition) is 4. The summed E-state index contributed by atoms with van der Waals surface area (Å²) >= 11 is 0. The van der Waals surface area contributed by atoms with E-state index in [1.165, 1.54) is 32.6 Å². The Morgan fingerprint density at radius 2 is 1.19 bits per heavy atom. The fourth-order valence-corrected chi connectivity index (χ4v) is 5.46. The van der Waals surface area contributed by atoms with E-state index in [4.69, 9.17) is 4.98 Å². The predicted octanol–water partition coefficient (Wildman–Crippen LogP) is 6.61. The van der Waals surface area contributed by atoms with Crippen LogP contribution >= 0.6 is 0 Å². The molecule has 0 aliphatic heterocycles. The summed E-state index contributed by atoms with van der Waals surface area (Å²) in [6.45, 7) is 0. The minimum atomic E-state index is 0.528. The molecule has 0 N–H and O–H groups in total. The molecule has 0 saturated carbocycles. The van der Waals surface area contributed by atoms with Gasteiger partial charge in [0.05, 0.1) is 28.3 Å². The number of hydrogen-bond donors (Lipinski definition) is 0. The summed E-state index contributed by atoms with van der Waals surface area (Å²) in [7, 11) is 0. The first-order valence-electron chi connectivity index (χ1n) is 11.8. The molecule has 0 aliphatic rings. The van der Waals surface area contributed by atoms with Crippen molar-refractivity contribution < 1.29 is 0 Å². The van der Waals surface area contributed by atoms with E-state index < -0.39 is 0 Å². The fourth-order valence-electron chi connectivity index (χ4n) is 5.46. The first-order chi connectivity index (χ1) is 17.9. The van der Waals surface area contributed by atoms with Gasteiger partial charge in [0.15, 0.2) is 17.1 Å². The predicted molar refractivity (Wildman–Crippen MR) is 144 cm³/mol. The van der Waals surface area contributed by atoms with E-state index in [-0.39, 0.29) is 0 Å². The number of benzene rings is 4. The van der Waals surface area contributed by atoms with Crippen molar-refractivity contribution in [3.05, 3.63) is 110 Å². The lowest BCUT2D eigenvalue weighted by Gasteiger charge is -2.09. The second kappa shape index (κ2) is 7.20. The molecule has 168 valence electrons. The zero-order valence-electron chi connectivity index (χ0n) is 19.1. The molecule has 0 unspecified atom stereocenters. The van der Waals surface area contributed by atoms with Crippen molar-refractivity contribution >= 4 is 54.9 Å². The van der Waals surface area contributed by atoms with Gasteiger partial charge in [0.2, 0.25) is 0 Å². The van der Waals surface area contributed by atoms with Crippen LogP contribution in [-0.4, -0.2) is 29.1 Å². The van der Waals surface area contributed by atoms with Crippen molar-refractivity contribution in [1.82, 2.24) is 29.1 Å². The van der Waals surface area contributed by atoms with Gasteiger partial charge in [-0.1, -0.05) is 60.7 Å². The topological polar surface area (TPSA) is 61.4 Å². The molecule has 0 saturated heterocycles. The Balaban J connectivity index is 1.59. The van der Waals surface area contributed by atoms with E-state index >= 15 is 0 Å². The van der Waals surface area contributed by atoms with E-state index in [9.17, 15) is 0 Å². The van der Waals surface area contributed by atoms with Crippen molar-refractivity contribution in [2.24, 2.45) is 0 Å². The van der Waals surface area contributed by atoms with Gasteiger partial charge in [-0.15, -0.1) is 0 Å². The highest BCUT2D eigenvalue weighted by Crippen LogP contribution is 2.41. The summed E-state index contributed by atoms with van der Waals surface area (Å²) in [6.07, 6.45) is 5.06. The van der Waals surface area contributed by atoms with E-state index in [0.29, 0.717) is 11.3 Å². The summed E-state index contributed by atoms with van der Waals surface area (Å²) in [4.78, 5) is 18.1. The number of fused-ring (bicyclic) bond motifs is 8. The zero-order valence-corrected chi connectivity index (χ0v) is 19.1. The minimum Gasteiger partial charge on any atom is -0.309 e. The molecule has 6 nitrogen and oxygen atoms in total. The van der Waals surface area contributed by atoms with Crippen LogP contribution in [0.25, 0.3) is 66.4 Å². The van der Waals surface area contributed by atoms with Crippen molar-refractivity contribution in [2.75, 3.05) is 0 Å². The lowest BCUT2D eigenvalue weighted by molar-refractivity contribution is 1.05. The largest absolute Gasteiger partial charge is 0.309 e. The van der Waals surface area contributed by atoms with E-state index in [1.54, 1.807) is 18.6 Å². The monoisotopic (exact) mass is 462 g/mol. The van der Waals surface area contributed by atoms with Gasteiger partial charge in [-0.05, 0) is 30.3 Å². The van der Waals surface area contributed by atoms with Crippen LogP contribution in [0.4, 0.5) is 0 Å². The quantitative estimate of drug-likeness (QED) is 0.290. The van der Waals surface area contributed by atoms with Crippen LogP contribution in [0, 0.1) is 0 Å². The van der Waals surface area contributed by atoms with Gasteiger partial charge in [0.25, 0.3) is 0 Å². The summed E-state index contributed by atoms with van der Waals surface area (Å²) in [5, 5.41) is 4.81. The lowest BCUT2D eigenvalue weighted by atomic mass is 10.1. The summed E-state index contributed by atoms with van der Waals surface area (Å²) in [6, 6.07) is 32.1. The van der Waals surface area contributed by atoms with Gasteiger partial charge < -0.3 is 4.57 Å². The van der Waals surface area contributed by atoms with Crippen LogP contribution in [0.5, 0.6) is 0 Å². The van der Waals surface area contributed by atoms with Crippen LogP contribution in [0.15, 0.2) is 110 Å². The smallest absolute Gasteiger partial charge is 0.199 e. The third-order valence-electron chi connectivity index (χ3n) is 6.90. The standard InChI is InChI=1S/C30H18N6/c1-2-8-19(9-3-1)35-23-12-6-4-10-20(23)21-14-15-25-27(28(21)35)22-11-5-7-13-24(22)36(25)26-18-33-29-30(34-26)32-17-16-31-29/h1-18H. The average Bonchev–Trinajstić information content (AvgIpc) is 3.46. The summed E-state index contributed by atoms with van der Waals surface area (Å²) < 4.78 is 4.56. The molecule has 8 aromatic rings. The number of aromatic nitrogens is 6. The molecule has 0 bridgehead atoms. The molecule has 6 heteroatoms. The van der Waals surface area contributed by atoms with Crippen LogP contribution in [-0.2, 0) is 0 Å². The molecule has 8 rings (SSSR count). The van der Waals surface area contributed by atoms with Gasteiger partial charge in [0, 0.05) is 39.6 Å². The Bertz CT molecular complexity index is 2100. The molecular weight excluding hydrogens is 444 g/mol. The Morgan fingerprint density at radius 1 is 0.500 bits per heavy atom. The molecule has 0 radical (unpaired) electrons. The average molecular weight is 463 g/mol. The highest BCUT2D eigenvalue weighted by Gasteiger charge is 2.21. The molecule has 4 aromatic heterocycles. The van der Waals surface area contributed by atoms with Gasteiger partial charge in [-0.25, -0.2) is 19.9 Å². The maximum Gasteiger partial charge on any atom is 0.199 e. The van der Waals surface area contributed by atoms with Gasteiger partial charge in [0.1, 0.15) is 0 Å².